The average Bonchev–Trinajstić information content (AvgIpc) is 3.02. The highest BCUT2D eigenvalue weighted by Crippen LogP contribution is 2.20. The predicted octanol–water partition coefficient (Wildman–Crippen LogP) is 2.50. The van der Waals surface area contributed by atoms with Gasteiger partial charge in [-0.2, -0.15) is 4.31 Å². The van der Waals surface area contributed by atoms with Crippen LogP contribution in [0.4, 0.5) is 5.69 Å². The minimum atomic E-state index is -3.66. The minimum Gasteiger partial charge on any atom is -0.326 e. The van der Waals surface area contributed by atoms with E-state index in [0.29, 0.717) is 12.2 Å². The Balaban J connectivity index is 1.87. The first-order valence-corrected chi connectivity index (χ1v) is 9.64. The number of hydrogen-bond donors (Lipinski definition) is 1. The van der Waals surface area contributed by atoms with Crippen LogP contribution in [-0.4, -0.2) is 34.6 Å². The van der Waals surface area contributed by atoms with Gasteiger partial charge in [0.05, 0.1) is 23.3 Å². The molecular weight excluding hydrogens is 352 g/mol. The number of sulfonamides is 1. The summed E-state index contributed by atoms with van der Waals surface area (Å²) in [5, 5.41) is 2.62. The smallest absolute Gasteiger partial charge is 0.243 e. The van der Waals surface area contributed by atoms with Gasteiger partial charge in [0.15, 0.2) is 0 Å². The highest BCUT2D eigenvalue weighted by atomic mass is 32.2. The van der Waals surface area contributed by atoms with Crippen LogP contribution in [0.1, 0.15) is 19.5 Å². The molecule has 3 rings (SSSR count). The van der Waals surface area contributed by atoms with Crippen molar-refractivity contribution in [3.05, 3.63) is 60.6 Å². The van der Waals surface area contributed by atoms with Gasteiger partial charge in [0.1, 0.15) is 5.65 Å². The fraction of sp³-hybridized carbons (Fsp3) is 0.222. The minimum absolute atomic E-state index is 0.183. The number of carbonyl (C=O) groups is 1. The number of carbonyl (C=O) groups excluding carboxylic acids is 1. The van der Waals surface area contributed by atoms with E-state index in [9.17, 15) is 13.2 Å². The van der Waals surface area contributed by atoms with Gasteiger partial charge in [0.2, 0.25) is 15.9 Å². The average molecular weight is 372 g/mol. The van der Waals surface area contributed by atoms with Gasteiger partial charge < -0.3 is 9.72 Å². The molecule has 0 aliphatic heterocycles. The van der Waals surface area contributed by atoms with E-state index in [4.69, 9.17) is 0 Å². The Labute approximate surface area is 152 Å². The van der Waals surface area contributed by atoms with E-state index >= 15 is 0 Å². The number of imidazole rings is 1. The molecule has 0 radical (unpaired) electrons. The molecule has 0 fully saturated rings. The number of hydrogen-bond acceptors (Lipinski definition) is 4. The maximum Gasteiger partial charge on any atom is 0.243 e. The van der Waals surface area contributed by atoms with Gasteiger partial charge in [-0.25, -0.2) is 13.4 Å². The molecule has 0 spiro atoms. The number of rotatable bonds is 6. The Morgan fingerprint density at radius 2 is 1.92 bits per heavy atom. The lowest BCUT2D eigenvalue weighted by atomic mass is 10.3. The summed E-state index contributed by atoms with van der Waals surface area (Å²) in [4.78, 5) is 15.6. The lowest BCUT2D eigenvalue weighted by molar-refractivity contribution is -0.114. The first kappa shape index (κ1) is 18.1. The van der Waals surface area contributed by atoms with Gasteiger partial charge in [-0.1, -0.05) is 13.0 Å². The lowest BCUT2D eigenvalue weighted by Gasteiger charge is -2.20. The fourth-order valence-corrected chi connectivity index (χ4v) is 4.13. The maximum atomic E-state index is 13.0. The summed E-state index contributed by atoms with van der Waals surface area (Å²) >= 11 is 0. The zero-order valence-electron chi connectivity index (χ0n) is 14.6. The molecule has 2 aromatic heterocycles. The summed E-state index contributed by atoms with van der Waals surface area (Å²) in [6.07, 6.45) is 3.55. The number of nitrogens with one attached hydrogen (secondary N) is 1. The van der Waals surface area contributed by atoms with E-state index in [1.54, 1.807) is 25.3 Å². The highest BCUT2D eigenvalue weighted by molar-refractivity contribution is 7.89. The summed E-state index contributed by atoms with van der Waals surface area (Å²) in [5.41, 5.74) is 2.12. The zero-order valence-corrected chi connectivity index (χ0v) is 15.4. The number of fused-ring (bicyclic) bond motifs is 1. The van der Waals surface area contributed by atoms with Crippen molar-refractivity contribution in [2.24, 2.45) is 0 Å². The SMILES string of the molecule is CCN(Cc1cnc2ccccn12)S(=O)(=O)c1ccc(NC(C)=O)cc1. The van der Waals surface area contributed by atoms with Crippen molar-refractivity contribution >= 4 is 27.3 Å². The van der Waals surface area contributed by atoms with Gasteiger partial charge in [0, 0.05) is 25.4 Å². The van der Waals surface area contributed by atoms with Crippen LogP contribution in [0.3, 0.4) is 0 Å². The second-order valence-corrected chi connectivity index (χ2v) is 7.75. The van der Waals surface area contributed by atoms with E-state index in [1.165, 1.54) is 23.4 Å². The Morgan fingerprint density at radius 1 is 1.19 bits per heavy atom. The molecular formula is C18H20N4O3S. The van der Waals surface area contributed by atoms with Crippen molar-refractivity contribution in [3.8, 4) is 0 Å². The van der Waals surface area contributed by atoms with Gasteiger partial charge in [-0.15, -0.1) is 0 Å². The molecule has 7 nitrogen and oxygen atoms in total. The third-order valence-corrected chi connectivity index (χ3v) is 5.93. The van der Waals surface area contributed by atoms with E-state index < -0.39 is 10.0 Å². The van der Waals surface area contributed by atoms with Crippen LogP contribution in [0.5, 0.6) is 0 Å². The zero-order chi connectivity index (χ0) is 18.7. The standard InChI is InChI=1S/C18H20N4O3S/c1-3-21(13-16-12-19-18-6-4-5-11-22(16)18)26(24,25)17-9-7-15(8-10-17)20-14(2)23/h4-12H,3,13H2,1-2H3,(H,20,23). The fourth-order valence-electron chi connectivity index (χ4n) is 2.71. The van der Waals surface area contributed by atoms with E-state index in [0.717, 1.165) is 11.3 Å². The van der Waals surface area contributed by atoms with Gasteiger partial charge in [0.25, 0.3) is 0 Å². The molecule has 0 saturated carbocycles. The molecule has 0 aliphatic rings. The summed E-state index contributed by atoms with van der Waals surface area (Å²) in [6.45, 7) is 3.75. The van der Waals surface area contributed by atoms with Crippen LogP contribution >= 0.6 is 0 Å². The number of anilines is 1. The topological polar surface area (TPSA) is 83.8 Å². The molecule has 136 valence electrons. The van der Waals surface area contributed by atoms with Crippen LogP contribution in [0.15, 0.2) is 59.8 Å². The molecule has 2 heterocycles. The second kappa shape index (κ2) is 7.27. The van der Waals surface area contributed by atoms with Crippen molar-refractivity contribution < 1.29 is 13.2 Å². The third-order valence-electron chi connectivity index (χ3n) is 4.00. The number of amides is 1. The van der Waals surface area contributed by atoms with Crippen LogP contribution in [0, 0.1) is 0 Å². The normalized spacial score (nSPS) is 11.8. The molecule has 0 saturated heterocycles. The third kappa shape index (κ3) is 3.61. The van der Waals surface area contributed by atoms with Crippen molar-refractivity contribution in [2.75, 3.05) is 11.9 Å². The number of pyridine rings is 1. The Hall–Kier alpha value is -2.71. The molecule has 1 aromatic carbocycles. The van der Waals surface area contributed by atoms with Crippen LogP contribution in [0.25, 0.3) is 5.65 Å². The lowest BCUT2D eigenvalue weighted by Crippen LogP contribution is -2.31. The number of benzene rings is 1. The monoisotopic (exact) mass is 372 g/mol. The largest absolute Gasteiger partial charge is 0.326 e. The molecule has 3 aromatic rings. The van der Waals surface area contributed by atoms with Crippen LogP contribution in [0.2, 0.25) is 0 Å². The Bertz CT molecular complexity index is 1030. The molecule has 0 atom stereocenters. The molecule has 1 N–H and O–H groups in total. The van der Waals surface area contributed by atoms with Crippen molar-refractivity contribution in [1.82, 2.24) is 13.7 Å². The first-order chi connectivity index (χ1) is 12.4. The molecule has 26 heavy (non-hydrogen) atoms. The van der Waals surface area contributed by atoms with Crippen molar-refractivity contribution in [1.29, 1.82) is 0 Å². The summed E-state index contributed by atoms with van der Waals surface area (Å²) < 4.78 is 29.2. The van der Waals surface area contributed by atoms with E-state index in [2.05, 4.69) is 10.3 Å². The molecule has 0 aliphatic carbocycles. The summed E-state index contributed by atoms with van der Waals surface area (Å²) in [5.74, 6) is -0.205. The molecule has 0 bridgehead atoms. The van der Waals surface area contributed by atoms with Crippen LogP contribution in [-0.2, 0) is 21.4 Å². The van der Waals surface area contributed by atoms with Gasteiger partial charge in [-0.3, -0.25) is 4.79 Å². The predicted molar refractivity (Wildman–Crippen MR) is 99.2 cm³/mol. The molecule has 8 heteroatoms. The van der Waals surface area contributed by atoms with Crippen LogP contribution < -0.4 is 5.32 Å². The number of nitrogens with zero attached hydrogens (tertiary/aromatic N) is 3. The second-order valence-electron chi connectivity index (χ2n) is 5.82. The molecule has 1 amide bonds. The van der Waals surface area contributed by atoms with Crippen molar-refractivity contribution in [3.63, 3.8) is 0 Å². The van der Waals surface area contributed by atoms with Gasteiger partial charge in [-0.05, 0) is 36.4 Å². The molecule has 0 unspecified atom stereocenters. The highest BCUT2D eigenvalue weighted by Gasteiger charge is 2.24. The van der Waals surface area contributed by atoms with Crippen molar-refractivity contribution in [2.45, 2.75) is 25.3 Å². The first-order valence-electron chi connectivity index (χ1n) is 8.20. The summed E-state index contributed by atoms with van der Waals surface area (Å²) in [6, 6.07) is 11.8. The summed E-state index contributed by atoms with van der Waals surface area (Å²) in [7, 11) is -3.66. The number of aromatic nitrogens is 2. The quantitative estimate of drug-likeness (QED) is 0.721. The van der Waals surface area contributed by atoms with Gasteiger partial charge >= 0.3 is 0 Å². The van der Waals surface area contributed by atoms with E-state index in [1.807, 2.05) is 28.8 Å². The van der Waals surface area contributed by atoms with E-state index in [-0.39, 0.29) is 17.3 Å². The maximum absolute atomic E-state index is 13.0. The Morgan fingerprint density at radius 3 is 2.58 bits per heavy atom. The Kier molecular flexibility index (Phi) is 5.06.